The molecule has 0 saturated heterocycles. The second-order valence-corrected chi connectivity index (χ2v) is 5.18. The van der Waals surface area contributed by atoms with Crippen LogP contribution < -0.4 is 0 Å². The molecular formula is C13H16ClN3. The Morgan fingerprint density at radius 3 is 2.82 bits per heavy atom. The highest BCUT2D eigenvalue weighted by molar-refractivity contribution is 6.30. The minimum atomic E-state index is 0.552. The molecule has 1 aliphatic carbocycles. The molecule has 1 saturated carbocycles. The van der Waals surface area contributed by atoms with Crippen molar-refractivity contribution in [2.24, 2.45) is 0 Å². The Morgan fingerprint density at radius 1 is 1.47 bits per heavy atom. The van der Waals surface area contributed by atoms with E-state index in [1.807, 2.05) is 0 Å². The van der Waals surface area contributed by atoms with Gasteiger partial charge in [-0.3, -0.25) is 0 Å². The summed E-state index contributed by atoms with van der Waals surface area (Å²) >= 11 is 6.39. The van der Waals surface area contributed by atoms with Crippen LogP contribution in [0, 0.1) is 6.92 Å². The van der Waals surface area contributed by atoms with Crippen molar-refractivity contribution in [3.05, 3.63) is 28.2 Å². The molecular weight excluding hydrogens is 234 g/mol. The van der Waals surface area contributed by atoms with E-state index >= 15 is 0 Å². The van der Waals surface area contributed by atoms with Crippen molar-refractivity contribution < 1.29 is 0 Å². The summed E-state index contributed by atoms with van der Waals surface area (Å²) in [6, 6.07) is 2.08. The molecule has 1 fully saturated rings. The summed E-state index contributed by atoms with van der Waals surface area (Å²) in [4.78, 5) is 4.60. The van der Waals surface area contributed by atoms with Gasteiger partial charge in [-0.1, -0.05) is 24.9 Å². The van der Waals surface area contributed by atoms with E-state index < -0.39 is 0 Å². The summed E-state index contributed by atoms with van der Waals surface area (Å²) in [7, 11) is 0. The number of fused-ring (bicyclic) bond motifs is 1. The largest absolute Gasteiger partial charge is 0.212 e. The maximum Gasteiger partial charge on any atom is 0.157 e. The molecule has 0 radical (unpaired) electrons. The number of nitrogens with zero attached hydrogens (tertiary/aromatic N) is 3. The third kappa shape index (κ3) is 1.64. The van der Waals surface area contributed by atoms with Crippen molar-refractivity contribution in [1.29, 1.82) is 0 Å². The topological polar surface area (TPSA) is 30.2 Å². The monoisotopic (exact) mass is 249 g/mol. The Hall–Kier alpha value is -1.09. The van der Waals surface area contributed by atoms with Crippen LogP contribution in [0.3, 0.4) is 0 Å². The van der Waals surface area contributed by atoms with Crippen LogP contribution in [-0.2, 0) is 6.42 Å². The van der Waals surface area contributed by atoms with Crippen LogP contribution in [0.5, 0.6) is 0 Å². The maximum atomic E-state index is 6.39. The van der Waals surface area contributed by atoms with E-state index in [9.17, 15) is 0 Å². The number of aromatic nitrogens is 3. The fraction of sp³-hybridized carbons (Fsp3) is 0.538. The standard InChI is InChI=1S/C13H16ClN3/c1-3-10-8(2)7-11-15-13(9-5-4-6-9)16-17(11)12(10)14/h7,9H,3-6H2,1-2H3. The first kappa shape index (κ1) is 11.0. The van der Waals surface area contributed by atoms with Gasteiger partial charge in [-0.05, 0) is 43.4 Å². The van der Waals surface area contributed by atoms with E-state index in [-0.39, 0.29) is 0 Å². The Kier molecular flexibility index (Phi) is 2.58. The zero-order valence-corrected chi connectivity index (χ0v) is 11.0. The number of halogens is 1. The molecule has 3 rings (SSSR count). The highest BCUT2D eigenvalue weighted by atomic mass is 35.5. The van der Waals surface area contributed by atoms with Crippen molar-refractivity contribution in [3.8, 4) is 0 Å². The van der Waals surface area contributed by atoms with E-state index in [0.29, 0.717) is 5.92 Å². The van der Waals surface area contributed by atoms with Gasteiger partial charge in [0.05, 0.1) is 0 Å². The quantitative estimate of drug-likeness (QED) is 0.763. The molecule has 3 nitrogen and oxygen atoms in total. The zero-order valence-electron chi connectivity index (χ0n) is 10.2. The minimum Gasteiger partial charge on any atom is -0.212 e. The van der Waals surface area contributed by atoms with Crippen molar-refractivity contribution >= 4 is 17.2 Å². The summed E-state index contributed by atoms with van der Waals surface area (Å²) in [5, 5.41) is 5.28. The third-order valence-electron chi connectivity index (χ3n) is 3.73. The molecule has 1 aliphatic rings. The normalized spacial score (nSPS) is 16.4. The Morgan fingerprint density at radius 2 is 2.24 bits per heavy atom. The van der Waals surface area contributed by atoms with Gasteiger partial charge in [0.15, 0.2) is 11.5 Å². The van der Waals surface area contributed by atoms with Crippen molar-refractivity contribution in [2.45, 2.75) is 45.4 Å². The van der Waals surface area contributed by atoms with E-state index in [2.05, 4.69) is 30.0 Å². The smallest absolute Gasteiger partial charge is 0.157 e. The van der Waals surface area contributed by atoms with Crippen LogP contribution in [0.2, 0.25) is 5.15 Å². The van der Waals surface area contributed by atoms with E-state index in [1.165, 1.54) is 30.4 Å². The minimum absolute atomic E-state index is 0.552. The van der Waals surface area contributed by atoms with Crippen molar-refractivity contribution in [3.63, 3.8) is 0 Å². The van der Waals surface area contributed by atoms with Crippen LogP contribution in [-0.4, -0.2) is 14.6 Å². The molecule has 0 unspecified atom stereocenters. The molecule has 2 aromatic heterocycles. The summed E-state index contributed by atoms with van der Waals surface area (Å²) in [6.07, 6.45) is 4.66. The van der Waals surface area contributed by atoms with Gasteiger partial charge in [-0.25, -0.2) is 9.50 Å². The predicted molar refractivity (Wildman–Crippen MR) is 68.7 cm³/mol. The average molecular weight is 250 g/mol. The number of hydrogen-bond acceptors (Lipinski definition) is 2. The predicted octanol–water partition coefficient (Wildman–Crippen LogP) is 3.52. The van der Waals surface area contributed by atoms with Gasteiger partial charge in [-0.15, -0.1) is 5.10 Å². The molecule has 0 bridgehead atoms. The van der Waals surface area contributed by atoms with Gasteiger partial charge < -0.3 is 0 Å². The summed E-state index contributed by atoms with van der Waals surface area (Å²) < 4.78 is 1.79. The Balaban J connectivity index is 2.17. The molecule has 0 aromatic carbocycles. The first-order valence-electron chi connectivity index (χ1n) is 6.25. The number of hydrogen-bond donors (Lipinski definition) is 0. The van der Waals surface area contributed by atoms with Gasteiger partial charge in [-0.2, -0.15) is 0 Å². The van der Waals surface area contributed by atoms with E-state index in [4.69, 9.17) is 11.6 Å². The second kappa shape index (κ2) is 3.98. The van der Waals surface area contributed by atoms with Crippen LogP contribution in [0.1, 0.15) is 49.1 Å². The molecule has 2 aromatic rings. The maximum absolute atomic E-state index is 6.39. The fourth-order valence-corrected chi connectivity index (χ4v) is 2.82. The third-order valence-corrected chi connectivity index (χ3v) is 4.12. The Labute approximate surface area is 106 Å². The summed E-state index contributed by atoms with van der Waals surface area (Å²) in [5.41, 5.74) is 3.26. The highest BCUT2D eigenvalue weighted by Gasteiger charge is 2.24. The van der Waals surface area contributed by atoms with Gasteiger partial charge in [0, 0.05) is 5.92 Å². The lowest BCUT2D eigenvalue weighted by Gasteiger charge is -2.21. The van der Waals surface area contributed by atoms with Crippen LogP contribution in [0.4, 0.5) is 0 Å². The van der Waals surface area contributed by atoms with Crippen molar-refractivity contribution in [1.82, 2.24) is 14.6 Å². The first-order valence-corrected chi connectivity index (χ1v) is 6.63. The first-order chi connectivity index (χ1) is 8.20. The molecule has 4 heteroatoms. The number of pyridine rings is 1. The number of aryl methyl sites for hydroxylation is 1. The SMILES string of the molecule is CCc1c(C)cc2nc(C3CCC3)nn2c1Cl. The lowest BCUT2D eigenvalue weighted by molar-refractivity contribution is 0.402. The van der Waals surface area contributed by atoms with Crippen LogP contribution >= 0.6 is 11.6 Å². The molecule has 0 amide bonds. The molecule has 0 atom stereocenters. The molecule has 2 heterocycles. The molecule has 0 aliphatic heterocycles. The van der Waals surface area contributed by atoms with Gasteiger partial charge in [0.2, 0.25) is 0 Å². The van der Waals surface area contributed by atoms with Crippen LogP contribution in [0.25, 0.3) is 5.65 Å². The molecule has 0 N–H and O–H groups in total. The van der Waals surface area contributed by atoms with Gasteiger partial charge in [0.1, 0.15) is 5.15 Å². The molecule has 90 valence electrons. The lowest BCUT2D eigenvalue weighted by atomic mass is 9.85. The molecule has 17 heavy (non-hydrogen) atoms. The van der Waals surface area contributed by atoms with E-state index in [1.54, 1.807) is 4.52 Å². The van der Waals surface area contributed by atoms with E-state index in [0.717, 1.165) is 23.0 Å². The van der Waals surface area contributed by atoms with Gasteiger partial charge in [0.25, 0.3) is 0 Å². The van der Waals surface area contributed by atoms with Gasteiger partial charge >= 0.3 is 0 Å². The second-order valence-electron chi connectivity index (χ2n) is 4.82. The highest BCUT2D eigenvalue weighted by Crippen LogP contribution is 2.35. The zero-order chi connectivity index (χ0) is 12.0. The lowest BCUT2D eigenvalue weighted by Crippen LogP contribution is -2.10. The Bertz CT molecular complexity index is 570. The fourth-order valence-electron chi connectivity index (χ4n) is 2.41. The molecule has 0 spiro atoms. The average Bonchev–Trinajstić information content (AvgIpc) is 2.59. The summed E-state index contributed by atoms with van der Waals surface area (Å²) in [5.74, 6) is 1.52. The number of rotatable bonds is 2. The summed E-state index contributed by atoms with van der Waals surface area (Å²) in [6.45, 7) is 4.20. The van der Waals surface area contributed by atoms with Crippen LogP contribution in [0.15, 0.2) is 6.07 Å². The van der Waals surface area contributed by atoms with Crippen molar-refractivity contribution in [2.75, 3.05) is 0 Å².